The molecule has 1 aromatic heterocycles. The highest BCUT2D eigenvalue weighted by atomic mass is 35.5. The lowest BCUT2D eigenvalue weighted by Crippen LogP contribution is -2.03. The fourth-order valence-electron chi connectivity index (χ4n) is 3.49. The predicted octanol–water partition coefficient (Wildman–Crippen LogP) is 6.12. The Kier molecular flexibility index (Phi) is 4.81. The summed E-state index contributed by atoms with van der Waals surface area (Å²) in [5.74, 6) is 1.32. The van der Waals surface area contributed by atoms with Crippen LogP contribution in [0.1, 0.15) is 16.8 Å². The number of benzene rings is 3. The number of nitrogens with one attached hydrogen (secondary N) is 1. The molecule has 1 aliphatic rings. The Morgan fingerprint density at radius 3 is 2.39 bits per heavy atom. The molecule has 1 amide bonds. The van der Waals surface area contributed by atoms with Crippen LogP contribution in [-0.4, -0.2) is 15.5 Å². The van der Waals surface area contributed by atoms with E-state index in [9.17, 15) is 4.79 Å². The Hall–Kier alpha value is -3.83. The van der Waals surface area contributed by atoms with Crippen LogP contribution in [0.2, 0.25) is 5.02 Å². The third-order valence-electron chi connectivity index (χ3n) is 5.04. The molecule has 0 spiro atoms. The molecule has 0 aliphatic carbocycles. The molecule has 1 N–H and O–H groups in total. The van der Waals surface area contributed by atoms with Crippen LogP contribution < -0.4 is 10.1 Å². The second-order valence-electron chi connectivity index (χ2n) is 7.29. The molecule has 4 aromatic rings. The van der Waals surface area contributed by atoms with Gasteiger partial charge in [0.05, 0.1) is 12.0 Å². The molecule has 1 aliphatic heterocycles. The highest BCUT2D eigenvalue weighted by Crippen LogP contribution is 2.35. The highest BCUT2D eigenvalue weighted by molar-refractivity contribution is 6.36. The number of aryl methyl sites for hydroxylation is 1. The molecule has 0 saturated carbocycles. The number of rotatable bonds is 4. The van der Waals surface area contributed by atoms with Gasteiger partial charge in [-0.25, -0.2) is 4.98 Å². The standard InChI is InChI=1S/C25H18ClN3O2/c1-16-14-29(15-27-16)19-5-9-21(10-6-19)31-20-7-2-17(3-8-20)12-23-22-13-18(26)4-11-24(22)28-25(23)30/h2-15H,1H3,(H,28,30)/b23-12-. The minimum Gasteiger partial charge on any atom is -0.457 e. The molecule has 0 saturated heterocycles. The lowest BCUT2D eigenvalue weighted by Gasteiger charge is -2.08. The van der Waals surface area contributed by atoms with Crippen molar-refractivity contribution in [2.24, 2.45) is 0 Å². The number of hydrogen-bond acceptors (Lipinski definition) is 3. The van der Waals surface area contributed by atoms with Crippen LogP contribution in [-0.2, 0) is 4.79 Å². The molecule has 2 heterocycles. The summed E-state index contributed by atoms with van der Waals surface area (Å²) in [6.07, 6.45) is 5.61. The minimum atomic E-state index is -0.134. The molecule has 0 fully saturated rings. The highest BCUT2D eigenvalue weighted by Gasteiger charge is 2.24. The van der Waals surface area contributed by atoms with Crippen LogP contribution in [0.15, 0.2) is 79.3 Å². The normalized spacial score (nSPS) is 13.9. The van der Waals surface area contributed by atoms with Crippen molar-refractivity contribution in [3.8, 4) is 17.2 Å². The molecule has 0 radical (unpaired) electrons. The molecule has 152 valence electrons. The van der Waals surface area contributed by atoms with E-state index in [1.807, 2.05) is 78.4 Å². The number of fused-ring (bicyclic) bond motifs is 1. The van der Waals surface area contributed by atoms with Gasteiger partial charge in [-0.3, -0.25) is 4.79 Å². The molecule has 5 nitrogen and oxygen atoms in total. The maximum absolute atomic E-state index is 12.3. The van der Waals surface area contributed by atoms with Crippen molar-refractivity contribution in [3.63, 3.8) is 0 Å². The van der Waals surface area contributed by atoms with Gasteiger partial charge in [0, 0.05) is 33.7 Å². The van der Waals surface area contributed by atoms with Crippen molar-refractivity contribution in [1.29, 1.82) is 0 Å². The fourth-order valence-corrected chi connectivity index (χ4v) is 3.66. The minimum absolute atomic E-state index is 0.134. The van der Waals surface area contributed by atoms with Gasteiger partial charge in [0.15, 0.2) is 0 Å². The Morgan fingerprint density at radius 1 is 1.00 bits per heavy atom. The van der Waals surface area contributed by atoms with Crippen LogP contribution in [0, 0.1) is 6.92 Å². The van der Waals surface area contributed by atoms with E-state index in [-0.39, 0.29) is 5.91 Å². The van der Waals surface area contributed by atoms with Gasteiger partial charge in [-0.15, -0.1) is 0 Å². The lowest BCUT2D eigenvalue weighted by molar-refractivity contribution is -0.110. The zero-order chi connectivity index (χ0) is 21.4. The van der Waals surface area contributed by atoms with E-state index in [0.29, 0.717) is 16.3 Å². The molecule has 0 atom stereocenters. The lowest BCUT2D eigenvalue weighted by atomic mass is 10.0. The third kappa shape index (κ3) is 3.96. The average Bonchev–Trinajstić information content (AvgIpc) is 3.33. The molecule has 31 heavy (non-hydrogen) atoms. The van der Waals surface area contributed by atoms with Gasteiger partial charge in [-0.05, 0) is 73.2 Å². The molecule has 0 unspecified atom stereocenters. The first-order valence-corrected chi connectivity index (χ1v) is 10.1. The van der Waals surface area contributed by atoms with Gasteiger partial charge >= 0.3 is 0 Å². The van der Waals surface area contributed by atoms with Crippen LogP contribution in [0.25, 0.3) is 17.3 Å². The largest absolute Gasteiger partial charge is 0.457 e. The van der Waals surface area contributed by atoms with Crippen molar-refractivity contribution in [1.82, 2.24) is 9.55 Å². The number of carbonyl (C=O) groups is 1. The molecule has 6 heteroatoms. The number of aromatic nitrogens is 2. The van der Waals surface area contributed by atoms with Crippen LogP contribution in [0.4, 0.5) is 5.69 Å². The summed E-state index contributed by atoms with van der Waals surface area (Å²) in [5, 5.41) is 3.46. The van der Waals surface area contributed by atoms with Gasteiger partial charge in [-0.1, -0.05) is 23.7 Å². The topological polar surface area (TPSA) is 56.1 Å². The first-order valence-electron chi connectivity index (χ1n) is 9.77. The fraction of sp³-hybridized carbons (Fsp3) is 0.0400. The Morgan fingerprint density at radius 2 is 1.71 bits per heavy atom. The maximum atomic E-state index is 12.3. The van der Waals surface area contributed by atoms with Crippen LogP contribution in [0.5, 0.6) is 11.5 Å². The summed E-state index contributed by atoms with van der Waals surface area (Å²) in [6.45, 7) is 1.96. The van der Waals surface area contributed by atoms with Crippen LogP contribution in [0.3, 0.4) is 0 Å². The third-order valence-corrected chi connectivity index (χ3v) is 5.27. The average molecular weight is 428 g/mol. The smallest absolute Gasteiger partial charge is 0.256 e. The molecular formula is C25H18ClN3O2. The van der Waals surface area contributed by atoms with E-state index in [0.717, 1.165) is 33.9 Å². The number of imidazole rings is 1. The summed E-state index contributed by atoms with van der Waals surface area (Å²) in [5.41, 5.74) is 5.07. The van der Waals surface area contributed by atoms with Crippen molar-refractivity contribution < 1.29 is 9.53 Å². The van der Waals surface area contributed by atoms with E-state index in [2.05, 4.69) is 10.3 Å². The van der Waals surface area contributed by atoms with E-state index >= 15 is 0 Å². The Bertz CT molecular complexity index is 1310. The summed E-state index contributed by atoms with van der Waals surface area (Å²) in [7, 11) is 0. The van der Waals surface area contributed by atoms with Crippen molar-refractivity contribution in [3.05, 3.63) is 101 Å². The summed E-state index contributed by atoms with van der Waals surface area (Å²) < 4.78 is 7.91. The van der Waals surface area contributed by atoms with Crippen LogP contribution >= 0.6 is 11.6 Å². The second kappa shape index (κ2) is 7.78. The first kappa shape index (κ1) is 19.2. The number of nitrogens with zero attached hydrogens (tertiary/aromatic N) is 2. The molecular weight excluding hydrogens is 410 g/mol. The number of amides is 1. The van der Waals surface area contributed by atoms with E-state index < -0.39 is 0 Å². The summed E-state index contributed by atoms with van der Waals surface area (Å²) in [6, 6.07) is 20.8. The van der Waals surface area contributed by atoms with Gasteiger partial charge < -0.3 is 14.6 Å². The number of ether oxygens (including phenoxy) is 1. The number of hydrogen-bond donors (Lipinski definition) is 1. The zero-order valence-corrected chi connectivity index (χ0v) is 17.4. The Labute approximate surface area is 184 Å². The van der Waals surface area contributed by atoms with Gasteiger partial charge in [0.2, 0.25) is 0 Å². The van der Waals surface area contributed by atoms with E-state index in [1.165, 1.54) is 0 Å². The first-order chi connectivity index (χ1) is 15.0. The van der Waals surface area contributed by atoms with Gasteiger partial charge in [-0.2, -0.15) is 0 Å². The second-order valence-corrected chi connectivity index (χ2v) is 7.73. The number of halogens is 1. The monoisotopic (exact) mass is 427 g/mol. The van der Waals surface area contributed by atoms with E-state index in [4.69, 9.17) is 16.3 Å². The van der Waals surface area contributed by atoms with Gasteiger partial charge in [0.1, 0.15) is 11.5 Å². The summed E-state index contributed by atoms with van der Waals surface area (Å²) >= 11 is 6.10. The van der Waals surface area contributed by atoms with E-state index in [1.54, 1.807) is 18.5 Å². The number of anilines is 1. The molecule has 5 rings (SSSR count). The quantitative estimate of drug-likeness (QED) is 0.399. The van der Waals surface area contributed by atoms with Crippen molar-refractivity contribution >= 4 is 34.8 Å². The van der Waals surface area contributed by atoms with Crippen molar-refractivity contribution in [2.45, 2.75) is 6.92 Å². The summed E-state index contributed by atoms with van der Waals surface area (Å²) in [4.78, 5) is 16.6. The van der Waals surface area contributed by atoms with Crippen molar-refractivity contribution in [2.75, 3.05) is 5.32 Å². The molecule has 3 aromatic carbocycles. The number of carbonyl (C=O) groups excluding carboxylic acids is 1. The van der Waals surface area contributed by atoms with Gasteiger partial charge in [0.25, 0.3) is 5.91 Å². The predicted molar refractivity (Wildman–Crippen MR) is 123 cm³/mol. The SMILES string of the molecule is Cc1cn(-c2ccc(Oc3ccc(/C=C4\C(=O)Nc5ccc(Cl)cc54)cc3)cc2)cn1. The molecule has 0 bridgehead atoms. The maximum Gasteiger partial charge on any atom is 0.256 e. The Balaban J connectivity index is 1.32. The zero-order valence-electron chi connectivity index (χ0n) is 16.7.